The largest absolute Gasteiger partial charge is 0.494 e. The summed E-state index contributed by atoms with van der Waals surface area (Å²) in [5.74, 6) is 1.20. The number of nitrogens with one attached hydrogen (secondary N) is 2. The number of nitrogens with zero attached hydrogens (tertiary/aromatic N) is 1. The summed E-state index contributed by atoms with van der Waals surface area (Å²) >= 11 is 0. The summed E-state index contributed by atoms with van der Waals surface area (Å²) in [6, 6.07) is 7.12. The van der Waals surface area contributed by atoms with Crippen LogP contribution in [0.5, 0.6) is 5.75 Å². The van der Waals surface area contributed by atoms with E-state index in [1.54, 1.807) is 7.11 Å². The minimum atomic E-state index is -0.411. The van der Waals surface area contributed by atoms with Gasteiger partial charge in [-0.1, -0.05) is 19.1 Å². The topological polar surface area (TPSA) is 71.9 Å². The molecule has 1 aromatic carbocycles. The molecule has 1 amide bonds. The molecule has 1 unspecified atom stereocenters. The van der Waals surface area contributed by atoms with Crippen molar-refractivity contribution in [1.82, 2.24) is 10.6 Å². The third-order valence-electron chi connectivity index (χ3n) is 3.04. The van der Waals surface area contributed by atoms with Gasteiger partial charge in [-0.25, -0.2) is 0 Å². The Morgan fingerprint density at radius 1 is 1.24 bits per heavy atom. The predicted octanol–water partition coefficient (Wildman–Crippen LogP) is 1.24. The molecule has 21 heavy (non-hydrogen) atoms. The van der Waals surface area contributed by atoms with Crippen LogP contribution in [0.3, 0.4) is 0 Å². The van der Waals surface area contributed by atoms with Gasteiger partial charge in [0.2, 0.25) is 0 Å². The first-order valence-electron chi connectivity index (χ1n) is 7.08. The Morgan fingerprint density at radius 3 is 2.67 bits per heavy atom. The van der Waals surface area contributed by atoms with Gasteiger partial charge in [-0.05, 0) is 24.1 Å². The zero-order valence-corrected chi connectivity index (χ0v) is 12.4. The Balaban J connectivity index is 1.98. The van der Waals surface area contributed by atoms with Crippen molar-refractivity contribution in [3.8, 4) is 5.75 Å². The van der Waals surface area contributed by atoms with Crippen LogP contribution in [-0.4, -0.2) is 38.7 Å². The van der Waals surface area contributed by atoms with Crippen LogP contribution >= 0.6 is 0 Å². The molecule has 2 N–H and O–H groups in total. The molecular weight excluding hydrogens is 270 g/mol. The Hall–Kier alpha value is -2.08. The molecular formula is C15H21N3O3. The molecule has 1 saturated heterocycles. The van der Waals surface area contributed by atoms with Gasteiger partial charge in [-0.2, -0.15) is 0 Å². The van der Waals surface area contributed by atoms with Crippen molar-refractivity contribution in [3.05, 3.63) is 29.8 Å². The Bertz CT molecular complexity index is 499. The number of amides is 1. The molecule has 6 nitrogen and oxygen atoms in total. The fourth-order valence-corrected chi connectivity index (χ4v) is 1.97. The minimum Gasteiger partial charge on any atom is -0.494 e. The SMILES string of the molecule is CCCOc1ccc(C2NC(=NCCOC)NC2=O)cc1. The zero-order valence-electron chi connectivity index (χ0n) is 12.4. The van der Waals surface area contributed by atoms with Gasteiger partial charge in [-0.3, -0.25) is 15.1 Å². The molecule has 1 atom stereocenters. The van der Waals surface area contributed by atoms with Gasteiger partial charge < -0.3 is 14.8 Å². The van der Waals surface area contributed by atoms with Crippen LogP contribution in [0.25, 0.3) is 0 Å². The summed E-state index contributed by atoms with van der Waals surface area (Å²) in [5.41, 5.74) is 0.883. The summed E-state index contributed by atoms with van der Waals surface area (Å²) in [7, 11) is 1.62. The van der Waals surface area contributed by atoms with E-state index in [1.165, 1.54) is 0 Å². The van der Waals surface area contributed by atoms with Crippen LogP contribution in [0.2, 0.25) is 0 Å². The van der Waals surface area contributed by atoms with Crippen LogP contribution in [0.4, 0.5) is 0 Å². The van der Waals surface area contributed by atoms with Gasteiger partial charge in [-0.15, -0.1) is 0 Å². The smallest absolute Gasteiger partial charge is 0.253 e. The Labute approximate surface area is 124 Å². The average molecular weight is 291 g/mol. The molecule has 0 spiro atoms. The first-order valence-corrected chi connectivity index (χ1v) is 7.08. The van der Waals surface area contributed by atoms with Crippen molar-refractivity contribution in [2.45, 2.75) is 19.4 Å². The second-order valence-corrected chi connectivity index (χ2v) is 4.71. The summed E-state index contributed by atoms with van der Waals surface area (Å²) < 4.78 is 10.5. The number of aliphatic imine (C=N–C) groups is 1. The quantitative estimate of drug-likeness (QED) is 0.741. The van der Waals surface area contributed by atoms with Gasteiger partial charge in [0, 0.05) is 7.11 Å². The second kappa shape index (κ2) is 7.64. The van der Waals surface area contributed by atoms with E-state index in [0.717, 1.165) is 17.7 Å². The van der Waals surface area contributed by atoms with Crippen LogP contribution in [0, 0.1) is 0 Å². The lowest BCUT2D eigenvalue weighted by molar-refractivity contribution is -0.120. The number of ether oxygens (including phenoxy) is 2. The fraction of sp³-hybridized carbons (Fsp3) is 0.467. The molecule has 0 bridgehead atoms. The molecule has 6 heteroatoms. The van der Waals surface area contributed by atoms with E-state index in [9.17, 15) is 4.79 Å². The highest BCUT2D eigenvalue weighted by Crippen LogP contribution is 2.20. The number of carbonyl (C=O) groups excluding carboxylic acids is 1. The number of carbonyl (C=O) groups is 1. The molecule has 1 aliphatic heterocycles. The van der Waals surface area contributed by atoms with Gasteiger partial charge in [0.05, 0.1) is 19.8 Å². The maximum absolute atomic E-state index is 12.0. The maximum atomic E-state index is 12.0. The highest BCUT2D eigenvalue weighted by molar-refractivity contribution is 6.06. The molecule has 0 aliphatic carbocycles. The number of hydrogen-bond donors (Lipinski definition) is 2. The predicted molar refractivity (Wildman–Crippen MR) is 80.4 cm³/mol. The number of rotatable bonds is 7. The molecule has 0 aromatic heterocycles. The van der Waals surface area contributed by atoms with E-state index in [4.69, 9.17) is 9.47 Å². The lowest BCUT2D eigenvalue weighted by atomic mass is 10.1. The van der Waals surface area contributed by atoms with Crippen molar-refractivity contribution in [1.29, 1.82) is 0 Å². The van der Waals surface area contributed by atoms with Crippen molar-refractivity contribution in [2.24, 2.45) is 4.99 Å². The van der Waals surface area contributed by atoms with Crippen LogP contribution in [0.1, 0.15) is 24.9 Å². The molecule has 114 valence electrons. The van der Waals surface area contributed by atoms with E-state index >= 15 is 0 Å². The summed E-state index contributed by atoms with van der Waals surface area (Å²) in [5, 5.41) is 5.79. The van der Waals surface area contributed by atoms with E-state index in [-0.39, 0.29) is 5.91 Å². The Kier molecular flexibility index (Phi) is 5.57. The van der Waals surface area contributed by atoms with E-state index < -0.39 is 6.04 Å². The van der Waals surface area contributed by atoms with Gasteiger partial charge in [0.1, 0.15) is 11.8 Å². The highest BCUT2D eigenvalue weighted by atomic mass is 16.5. The van der Waals surface area contributed by atoms with Gasteiger partial charge in [0.25, 0.3) is 5.91 Å². The number of hydrogen-bond acceptors (Lipinski definition) is 4. The molecule has 0 radical (unpaired) electrons. The summed E-state index contributed by atoms with van der Waals surface area (Å²) in [4.78, 5) is 16.2. The molecule has 1 aliphatic rings. The lowest BCUT2D eigenvalue weighted by Gasteiger charge is -2.10. The third-order valence-corrected chi connectivity index (χ3v) is 3.04. The van der Waals surface area contributed by atoms with Crippen molar-refractivity contribution < 1.29 is 14.3 Å². The van der Waals surface area contributed by atoms with Gasteiger partial charge in [0.15, 0.2) is 5.96 Å². The first kappa shape index (κ1) is 15.3. The number of benzene rings is 1. The fourth-order valence-electron chi connectivity index (χ4n) is 1.97. The van der Waals surface area contributed by atoms with Crippen molar-refractivity contribution in [2.75, 3.05) is 26.9 Å². The van der Waals surface area contributed by atoms with E-state index in [0.29, 0.717) is 25.7 Å². The highest BCUT2D eigenvalue weighted by Gasteiger charge is 2.29. The first-order chi connectivity index (χ1) is 10.2. The van der Waals surface area contributed by atoms with E-state index in [2.05, 4.69) is 22.5 Å². The van der Waals surface area contributed by atoms with Crippen molar-refractivity contribution in [3.63, 3.8) is 0 Å². The molecule has 0 saturated carbocycles. The lowest BCUT2D eigenvalue weighted by Crippen LogP contribution is -2.26. The molecule has 1 aromatic rings. The normalized spacial score (nSPS) is 19.4. The minimum absolute atomic E-state index is 0.103. The van der Waals surface area contributed by atoms with Crippen LogP contribution < -0.4 is 15.4 Å². The maximum Gasteiger partial charge on any atom is 0.253 e. The summed E-state index contributed by atoms with van der Waals surface area (Å²) in [6.45, 7) is 3.79. The second-order valence-electron chi connectivity index (χ2n) is 4.71. The molecule has 1 heterocycles. The zero-order chi connectivity index (χ0) is 15.1. The standard InChI is InChI=1S/C15H21N3O3/c1-3-9-21-12-6-4-11(5-7-12)13-14(19)18-15(17-13)16-8-10-20-2/h4-7,13H,3,8-10H2,1-2H3,(H2,16,17,18,19). The van der Waals surface area contributed by atoms with Gasteiger partial charge >= 0.3 is 0 Å². The van der Waals surface area contributed by atoms with Crippen LogP contribution in [-0.2, 0) is 9.53 Å². The molecule has 2 rings (SSSR count). The monoisotopic (exact) mass is 291 g/mol. The van der Waals surface area contributed by atoms with E-state index in [1.807, 2.05) is 24.3 Å². The Morgan fingerprint density at radius 2 is 2.00 bits per heavy atom. The number of methoxy groups -OCH3 is 1. The van der Waals surface area contributed by atoms with Crippen LogP contribution in [0.15, 0.2) is 29.3 Å². The third kappa shape index (κ3) is 4.19. The molecule has 1 fully saturated rings. The number of guanidine groups is 1. The average Bonchev–Trinajstić information content (AvgIpc) is 2.87. The van der Waals surface area contributed by atoms with Crippen molar-refractivity contribution >= 4 is 11.9 Å². The summed E-state index contributed by atoms with van der Waals surface area (Å²) in [6.07, 6.45) is 0.968.